The summed E-state index contributed by atoms with van der Waals surface area (Å²) >= 11 is 0. The van der Waals surface area contributed by atoms with Crippen LogP contribution in [0.1, 0.15) is 32.3 Å². The fourth-order valence-electron chi connectivity index (χ4n) is 2.56. The first kappa shape index (κ1) is 15.5. The van der Waals surface area contributed by atoms with Gasteiger partial charge in [-0.05, 0) is 42.3 Å². The molecule has 1 unspecified atom stereocenters. The maximum Gasteiger partial charge on any atom is 0.307 e. The van der Waals surface area contributed by atoms with Crippen molar-refractivity contribution in [3.05, 3.63) is 48.0 Å². The number of benzene rings is 2. The van der Waals surface area contributed by atoms with E-state index in [4.69, 9.17) is 4.74 Å². The van der Waals surface area contributed by atoms with Gasteiger partial charge in [-0.1, -0.05) is 43.3 Å². The summed E-state index contributed by atoms with van der Waals surface area (Å²) < 4.78 is 4.86. The molecule has 1 atom stereocenters. The molecule has 21 heavy (non-hydrogen) atoms. The van der Waals surface area contributed by atoms with Crippen LogP contribution in [0.4, 0.5) is 0 Å². The molecule has 0 aromatic heterocycles. The molecular formula is C18H23NO2. The van der Waals surface area contributed by atoms with Gasteiger partial charge in [0.2, 0.25) is 0 Å². The molecule has 3 nitrogen and oxygen atoms in total. The van der Waals surface area contributed by atoms with E-state index in [1.165, 1.54) is 17.9 Å². The Morgan fingerprint density at radius 1 is 1.19 bits per heavy atom. The molecule has 2 aromatic rings. The van der Waals surface area contributed by atoms with E-state index < -0.39 is 5.54 Å². The largest absolute Gasteiger partial charge is 0.469 e. The summed E-state index contributed by atoms with van der Waals surface area (Å²) in [4.78, 5) is 11.8. The number of ether oxygens (including phenoxy) is 1. The molecule has 0 heterocycles. The van der Waals surface area contributed by atoms with E-state index in [0.717, 1.165) is 18.5 Å². The Morgan fingerprint density at radius 3 is 2.57 bits per heavy atom. The molecule has 0 saturated heterocycles. The predicted octanol–water partition coefficient (Wildman–Crippen LogP) is 3.62. The minimum absolute atomic E-state index is 0.200. The molecule has 0 fully saturated rings. The highest BCUT2D eigenvalue weighted by atomic mass is 16.5. The lowest BCUT2D eigenvalue weighted by Crippen LogP contribution is -2.42. The molecule has 0 saturated carbocycles. The number of rotatable bonds is 6. The average Bonchev–Trinajstić information content (AvgIpc) is 2.52. The van der Waals surface area contributed by atoms with Crippen molar-refractivity contribution in [3.63, 3.8) is 0 Å². The fraction of sp³-hybridized carbons (Fsp3) is 0.389. The molecule has 3 heteroatoms. The van der Waals surface area contributed by atoms with Crippen molar-refractivity contribution in [2.24, 2.45) is 0 Å². The van der Waals surface area contributed by atoms with E-state index in [0.29, 0.717) is 6.42 Å². The average molecular weight is 285 g/mol. The Hall–Kier alpha value is -1.87. The molecule has 0 spiro atoms. The molecule has 0 aliphatic carbocycles. The molecule has 0 amide bonds. The van der Waals surface area contributed by atoms with Crippen molar-refractivity contribution < 1.29 is 9.53 Å². The zero-order valence-corrected chi connectivity index (χ0v) is 13.0. The fourth-order valence-corrected chi connectivity index (χ4v) is 2.56. The van der Waals surface area contributed by atoms with Crippen LogP contribution in [0.3, 0.4) is 0 Å². The highest BCUT2D eigenvalue weighted by molar-refractivity contribution is 5.83. The van der Waals surface area contributed by atoms with Crippen molar-refractivity contribution in [1.82, 2.24) is 5.32 Å². The van der Waals surface area contributed by atoms with Gasteiger partial charge < -0.3 is 10.1 Å². The van der Waals surface area contributed by atoms with Crippen LogP contribution < -0.4 is 5.32 Å². The van der Waals surface area contributed by atoms with Crippen LogP contribution in [0.2, 0.25) is 0 Å². The molecule has 2 aromatic carbocycles. The normalized spacial score (nSPS) is 13.9. The van der Waals surface area contributed by atoms with Crippen LogP contribution in [0.25, 0.3) is 10.8 Å². The summed E-state index contributed by atoms with van der Waals surface area (Å²) in [5, 5.41) is 5.88. The van der Waals surface area contributed by atoms with Crippen LogP contribution in [-0.2, 0) is 15.1 Å². The highest BCUT2D eigenvalue weighted by Crippen LogP contribution is 2.28. The lowest BCUT2D eigenvalue weighted by Gasteiger charge is -2.31. The summed E-state index contributed by atoms with van der Waals surface area (Å²) in [6.45, 7) is 5.04. The maximum atomic E-state index is 11.8. The van der Waals surface area contributed by atoms with Gasteiger partial charge in [0.1, 0.15) is 0 Å². The van der Waals surface area contributed by atoms with E-state index in [1.54, 1.807) is 0 Å². The Morgan fingerprint density at radius 2 is 1.90 bits per heavy atom. The summed E-state index contributed by atoms with van der Waals surface area (Å²) in [6, 6.07) is 14.6. The Bertz CT molecular complexity index is 623. The standard InChI is InChI=1S/C18H23NO2/c1-4-11-19-18(2,13-17(20)21-3)16-10-9-14-7-5-6-8-15(14)12-16/h5-10,12,19H,4,11,13H2,1-3H3. The van der Waals surface area contributed by atoms with Crippen molar-refractivity contribution >= 4 is 16.7 Å². The van der Waals surface area contributed by atoms with Crippen LogP contribution in [0.5, 0.6) is 0 Å². The zero-order chi connectivity index (χ0) is 15.3. The molecule has 0 aliphatic rings. The number of methoxy groups -OCH3 is 1. The topological polar surface area (TPSA) is 38.3 Å². The number of nitrogens with one attached hydrogen (secondary N) is 1. The van der Waals surface area contributed by atoms with E-state index in [1.807, 2.05) is 12.1 Å². The van der Waals surface area contributed by atoms with Crippen molar-refractivity contribution in [3.8, 4) is 0 Å². The van der Waals surface area contributed by atoms with Gasteiger partial charge in [-0.3, -0.25) is 4.79 Å². The second-order valence-electron chi connectivity index (χ2n) is 5.57. The lowest BCUT2D eigenvalue weighted by molar-refractivity contribution is -0.142. The first-order chi connectivity index (χ1) is 10.1. The van der Waals surface area contributed by atoms with Crippen LogP contribution in [0, 0.1) is 0 Å². The smallest absolute Gasteiger partial charge is 0.307 e. The number of hydrogen-bond acceptors (Lipinski definition) is 3. The lowest BCUT2D eigenvalue weighted by atomic mass is 9.87. The van der Waals surface area contributed by atoms with Crippen LogP contribution >= 0.6 is 0 Å². The van der Waals surface area contributed by atoms with Crippen molar-refractivity contribution in [2.75, 3.05) is 13.7 Å². The van der Waals surface area contributed by atoms with Gasteiger partial charge in [0.15, 0.2) is 0 Å². The van der Waals surface area contributed by atoms with E-state index in [2.05, 4.69) is 49.5 Å². The van der Waals surface area contributed by atoms with Crippen LogP contribution in [0.15, 0.2) is 42.5 Å². The van der Waals surface area contributed by atoms with Crippen molar-refractivity contribution in [2.45, 2.75) is 32.2 Å². The van der Waals surface area contributed by atoms with Gasteiger partial charge in [0.05, 0.1) is 19.1 Å². The van der Waals surface area contributed by atoms with Gasteiger partial charge in [-0.15, -0.1) is 0 Å². The van der Waals surface area contributed by atoms with Gasteiger partial charge in [-0.2, -0.15) is 0 Å². The first-order valence-electron chi connectivity index (χ1n) is 7.40. The minimum Gasteiger partial charge on any atom is -0.469 e. The van der Waals surface area contributed by atoms with E-state index in [9.17, 15) is 4.79 Å². The van der Waals surface area contributed by atoms with Gasteiger partial charge in [0.25, 0.3) is 0 Å². The first-order valence-corrected chi connectivity index (χ1v) is 7.40. The Balaban J connectivity index is 2.39. The molecule has 1 N–H and O–H groups in total. The summed E-state index contributed by atoms with van der Waals surface area (Å²) in [5.41, 5.74) is 0.702. The van der Waals surface area contributed by atoms with E-state index in [-0.39, 0.29) is 5.97 Å². The molecule has 112 valence electrons. The number of carbonyl (C=O) groups is 1. The summed E-state index contributed by atoms with van der Waals surface area (Å²) in [5.74, 6) is -0.200. The third kappa shape index (κ3) is 3.61. The molecule has 2 rings (SSSR count). The Kier molecular flexibility index (Phi) is 4.97. The molecule has 0 bridgehead atoms. The zero-order valence-electron chi connectivity index (χ0n) is 13.0. The van der Waals surface area contributed by atoms with Crippen LogP contribution in [-0.4, -0.2) is 19.6 Å². The number of esters is 1. The second kappa shape index (κ2) is 6.72. The molecule has 0 aliphatic heterocycles. The second-order valence-corrected chi connectivity index (χ2v) is 5.57. The quantitative estimate of drug-likeness (QED) is 0.824. The summed E-state index contributed by atoms with van der Waals surface area (Å²) in [6.07, 6.45) is 1.34. The SMILES string of the molecule is CCCNC(C)(CC(=O)OC)c1ccc2ccccc2c1. The predicted molar refractivity (Wildman–Crippen MR) is 86.2 cm³/mol. The highest BCUT2D eigenvalue weighted by Gasteiger charge is 2.29. The minimum atomic E-state index is -0.410. The van der Waals surface area contributed by atoms with Gasteiger partial charge >= 0.3 is 5.97 Å². The van der Waals surface area contributed by atoms with Gasteiger partial charge in [-0.25, -0.2) is 0 Å². The monoisotopic (exact) mass is 285 g/mol. The van der Waals surface area contributed by atoms with Crippen molar-refractivity contribution in [1.29, 1.82) is 0 Å². The Labute approximate surface area is 126 Å². The third-order valence-corrected chi connectivity index (χ3v) is 3.88. The number of fused-ring (bicyclic) bond motifs is 1. The molecule has 0 radical (unpaired) electrons. The number of hydrogen-bond donors (Lipinski definition) is 1. The molecular weight excluding hydrogens is 262 g/mol. The number of carbonyl (C=O) groups excluding carboxylic acids is 1. The summed E-state index contributed by atoms with van der Waals surface area (Å²) in [7, 11) is 1.43. The van der Waals surface area contributed by atoms with Gasteiger partial charge in [0, 0.05) is 0 Å². The maximum absolute atomic E-state index is 11.8. The van der Waals surface area contributed by atoms with E-state index >= 15 is 0 Å². The third-order valence-electron chi connectivity index (χ3n) is 3.88.